The van der Waals surface area contributed by atoms with E-state index in [1.54, 1.807) is 18.2 Å². The Bertz CT molecular complexity index is 1370. The van der Waals surface area contributed by atoms with Crippen LogP contribution < -0.4 is 10.2 Å². The van der Waals surface area contributed by atoms with Gasteiger partial charge < -0.3 is 0 Å². The number of carbonyl (C=O) groups excluding carboxylic acids is 5. The number of carbonyl (C=O) groups is 5. The third-order valence-electron chi connectivity index (χ3n) is 5.41. The Hall–Kier alpha value is -4.39. The summed E-state index contributed by atoms with van der Waals surface area (Å²) in [6.07, 6.45) is 0. The molecule has 0 aromatic heterocycles. The molecule has 2 heterocycles. The Morgan fingerprint density at radius 3 is 2.03 bits per heavy atom. The van der Waals surface area contributed by atoms with Gasteiger partial charge in [-0.3, -0.25) is 29.3 Å². The molecule has 0 bridgehead atoms. The summed E-state index contributed by atoms with van der Waals surface area (Å²) < 4.78 is 0. The molecule has 150 valence electrons. The molecule has 0 unspecified atom stereocenters. The predicted molar refractivity (Wildman–Crippen MR) is 110 cm³/mol. The second kappa shape index (κ2) is 6.56. The van der Waals surface area contributed by atoms with Gasteiger partial charge in [0.25, 0.3) is 23.6 Å². The Balaban J connectivity index is 1.51. The van der Waals surface area contributed by atoms with Gasteiger partial charge in [-0.25, -0.2) is 4.90 Å². The molecule has 0 radical (unpaired) electrons. The molecule has 5 rings (SSSR count). The summed E-state index contributed by atoms with van der Waals surface area (Å²) in [6.45, 7) is 1.86. The molecule has 3 aromatic rings. The number of hydrogen-bond acceptors (Lipinski definition) is 5. The van der Waals surface area contributed by atoms with Gasteiger partial charge in [-0.1, -0.05) is 24.3 Å². The Morgan fingerprint density at radius 1 is 0.710 bits per heavy atom. The average Bonchev–Trinajstić information content (AvgIpc) is 3.19. The van der Waals surface area contributed by atoms with Crippen molar-refractivity contribution in [2.24, 2.45) is 0 Å². The normalized spacial score (nSPS) is 14.5. The molecule has 4 amide bonds. The number of aryl methyl sites for hydroxylation is 1. The van der Waals surface area contributed by atoms with Gasteiger partial charge in [-0.2, -0.15) is 0 Å². The standard InChI is InChI=1S/C24H14N2O5/c1-12-3-2-4-15(9-12)26-23(30)17-8-6-14(11-19(17)24(26)31)20(27)13-5-7-16-18(10-13)22(29)25-21(16)28/h2-11H,1H3,(H,25,28,29). The lowest BCUT2D eigenvalue weighted by Gasteiger charge is -2.14. The monoisotopic (exact) mass is 410 g/mol. The number of nitrogens with one attached hydrogen (secondary N) is 1. The molecule has 31 heavy (non-hydrogen) atoms. The molecule has 3 aromatic carbocycles. The number of fused-ring (bicyclic) bond motifs is 2. The average molecular weight is 410 g/mol. The number of nitrogens with zero attached hydrogens (tertiary/aromatic N) is 1. The molecule has 1 N–H and O–H groups in total. The van der Waals surface area contributed by atoms with Gasteiger partial charge in [0.05, 0.1) is 27.9 Å². The van der Waals surface area contributed by atoms with Crippen molar-refractivity contribution >= 4 is 35.1 Å². The second-order valence-corrected chi connectivity index (χ2v) is 7.42. The van der Waals surface area contributed by atoms with E-state index in [0.717, 1.165) is 10.5 Å². The third kappa shape index (κ3) is 2.78. The number of imide groups is 2. The fraction of sp³-hybridized carbons (Fsp3) is 0.0417. The summed E-state index contributed by atoms with van der Waals surface area (Å²) in [5, 5.41) is 2.18. The minimum Gasteiger partial charge on any atom is -0.289 e. The van der Waals surface area contributed by atoms with E-state index in [4.69, 9.17) is 0 Å². The van der Waals surface area contributed by atoms with Gasteiger partial charge in [0.2, 0.25) is 0 Å². The van der Waals surface area contributed by atoms with Crippen LogP contribution in [0.25, 0.3) is 0 Å². The summed E-state index contributed by atoms with van der Waals surface area (Å²) in [7, 11) is 0. The van der Waals surface area contributed by atoms with E-state index >= 15 is 0 Å². The van der Waals surface area contributed by atoms with Crippen LogP contribution in [0.3, 0.4) is 0 Å². The highest BCUT2D eigenvalue weighted by atomic mass is 16.2. The van der Waals surface area contributed by atoms with Crippen LogP contribution >= 0.6 is 0 Å². The number of hydrogen-bond donors (Lipinski definition) is 1. The van der Waals surface area contributed by atoms with Crippen molar-refractivity contribution in [1.82, 2.24) is 5.32 Å². The van der Waals surface area contributed by atoms with E-state index in [1.165, 1.54) is 36.4 Å². The number of anilines is 1. The molecule has 2 aliphatic heterocycles. The minimum atomic E-state index is -0.557. The molecule has 0 spiro atoms. The van der Waals surface area contributed by atoms with Gasteiger partial charge >= 0.3 is 0 Å². The number of amides is 4. The zero-order chi connectivity index (χ0) is 21.9. The Labute approximate surface area is 176 Å². The fourth-order valence-corrected chi connectivity index (χ4v) is 3.86. The van der Waals surface area contributed by atoms with E-state index in [2.05, 4.69) is 5.32 Å². The first-order chi connectivity index (χ1) is 14.8. The molecule has 2 aliphatic rings. The maximum atomic E-state index is 13.0. The molecule has 0 saturated heterocycles. The van der Waals surface area contributed by atoms with Crippen molar-refractivity contribution in [3.8, 4) is 0 Å². The first-order valence-electron chi connectivity index (χ1n) is 9.49. The van der Waals surface area contributed by atoms with Gasteiger partial charge in [-0.15, -0.1) is 0 Å². The van der Waals surface area contributed by atoms with Crippen LogP contribution in [0, 0.1) is 6.92 Å². The SMILES string of the molecule is Cc1cccc(N2C(=O)c3ccc(C(=O)c4ccc5c(c4)C(=O)NC5=O)cc3C2=O)c1. The second-order valence-electron chi connectivity index (χ2n) is 7.42. The molecule has 0 atom stereocenters. The molecule has 0 aliphatic carbocycles. The van der Waals surface area contributed by atoms with Crippen molar-refractivity contribution in [3.05, 3.63) is 99.6 Å². The van der Waals surface area contributed by atoms with E-state index in [-0.39, 0.29) is 33.4 Å². The van der Waals surface area contributed by atoms with Crippen LogP contribution in [0.1, 0.15) is 62.9 Å². The van der Waals surface area contributed by atoms with Crippen LogP contribution in [-0.4, -0.2) is 29.4 Å². The highest BCUT2D eigenvalue weighted by molar-refractivity contribution is 6.35. The lowest BCUT2D eigenvalue weighted by atomic mass is 9.96. The number of benzene rings is 3. The van der Waals surface area contributed by atoms with Crippen molar-refractivity contribution in [1.29, 1.82) is 0 Å². The first-order valence-corrected chi connectivity index (χ1v) is 9.49. The van der Waals surface area contributed by atoms with Gasteiger partial charge in [-0.05, 0) is 48.9 Å². The molecular weight excluding hydrogens is 396 g/mol. The van der Waals surface area contributed by atoms with E-state index < -0.39 is 29.4 Å². The quantitative estimate of drug-likeness (QED) is 0.529. The molecular formula is C24H14N2O5. The fourth-order valence-electron chi connectivity index (χ4n) is 3.86. The predicted octanol–water partition coefficient (Wildman–Crippen LogP) is 2.91. The number of ketones is 1. The Morgan fingerprint density at radius 2 is 1.32 bits per heavy atom. The number of rotatable bonds is 3. The third-order valence-corrected chi connectivity index (χ3v) is 5.41. The molecule has 0 saturated carbocycles. The summed E-state index contributed by atoms with van der Waals surface area (Å²) in [6, 6.07) is 15.6. The minimum absolute atomic E-state index is 0.133. The maximum absolute atomic E-state index is 13.0. The summed E-state index contributed by atoms with van der Waals surface area (Å²) in [5.74, 6) is -2.43. The maximum Gasteiger partial charge on any atom is 0.266 e. The van der Waals surface area contributed by atoms with Crippen molar-refractivity contribution < 1.29 is 24.0 Å². The van der Waals surface area contributed by atoms with Crippen molar-refractivity contribution in [3.63, 3.8) is 0 Å². The van der Waals surface area contributed by atoms with E-state index in [0.29, 0.717) is 5.69 Å². The summed E-state index contributed by atoms with van der Waals surface area (Å²) >= 11 is 0. The van der Waals surface area contributed by atoms with Crippen LogP contribution in [-0.2, 0) is 0 Å². The molecule has 0 fully saturated rings. The lowest BCUT2D eigenvalue weighted by molar-refractivity contribution is 0.0874. The topological polar surface area (TPSA) is 101 Å². The first kappa shape index (κ1) is 18.6. The molecule has 7 heteroatoms. The zero-order valence-electron chi connectivity index (χ0n) is 16.3. The van der Waals surface area contributed by atoms with Crippen LogP contribution in [0.4, 0.5) is 5.69 Å². The van der Waals surface area contributed by atoms with Gasteiger partial charge in [0.1, 0.15) is 0 Å². The van der Waals surface area contributed by atoms with Crippen molar-refractivity contribution in [2.75, 3.05) is 4.90 Å². The van der Waals surface area contributed by atoms with Gasteiger partial charge in [0, 0.05) is 11.1 Å². The summed E-state index contributed by atoms with van der Waals surface area (Å²) in [5.41, 5.74) is 2.50. The van der Waals surface area contributed by atoms with Crippen molar-refractivity contribution in [2.45, 2.75) is 6.92 Å². The highest BCUT2D eigenvalue weighted by Gasteiger charge is 2.37. The highest BCUT2D eigenvalue weighted by Crippen LogP contribution is 2.30. The molecule has 7 nitrogen and oxygen atoms in total. The summed E-state index contributed by atoms with van der Waals surface area (Å²) in [4.78, 5) is 63.4. The van der Waals surface area contributed by atoms with Crippen LogP contribution in [0.5, 0.6) is 0 Å². The lowest BCUT2D eigenvalue weighted by Crippen LogP contribution is -2.29. The van der Waals surface area contributed by atoms with Crippen LogP contribution in [0.2, 0.25) is 0 Å². The van der Waals surface area contributed by atoms with Gasteiger partial charge in [0.15, 0.2) is 5.78 Å². The van der Waals surface area contributed by atoms with Crippen LogP contribution in [0.15, 0.2) is 60.7 Å². The zero-order valence-corrected chi connectivity index (χ0v) is 16.3. The van der Waals surface area contributed by atoms with E-state index in [1.807, 2.05) is 13.0 Å². The van der Waals surface area contributed by atoms with E-state index in [9.17, 15) is 24.0 Å². The largest absolute Gasteiger partial charge is 0.289 e. The smallest absolute Gasteiger partial charge is 0.266 e. The Kier molecular flexibility index (Phi) is 3.94.